The lowest BCUT2D eigenvalue weighted by molar-refractivity contribution is 0.275. The van der Waals surface area contributed by atoms with Crippen LogP contribution in [0.4, 0.5) is 5.82 Å². The van der Waals surface area contributed by atoms with Crippen LogP contribution in [-0.4, -0.2) is 34.4 Å². The third-order valence-corrected chi connectivity index (χ3v) is 3.07. The minimum atomic E-state index is 0.119. The molecule has 0 unspecified atom stereocenters. The van der Waals surface area contributed by atoms with Crippen LogP contribution in [0, 0.1) is 6.92 Å². The van der Waals surface area contributed by atoms with Gasteiger partial charge in [-0.15, -0.1) is 0 Å². The van der Waals surface area contributed by atoms with Crippen molar-refractivity contribution in [2.24, 2.45) is 0 Å². The quantitative estimate of drug-likeness (QED) is 0.853. The zero-order chi connectivity index (χ0) is 10.8. The first kappa shape index (κ1) is 10.8. The van der Waals surface area contributed by atoms with Gasteiger partial charge in [0.1, 0.15) is 11.6 Å². The van der Waals surface area contributed by atoms with Crippen LogP contribution in [-0.2, 0) is 6.54 Å². The molecule has 5 heteroatoms. The number of hydrogen-bond acceptors (Lipinski definition) is 3. The molecule has 84 valence electrons. The number of hydrogen-bond donors (Lipinski definition) is 1. The number of halogens is 1. The average Bonchev–Trinajstić information content (AvgIpc) is 2.77. The van der Waals surface area contributed by atoms with E-state index in [1.54, 1.807) is 0 Å². The molecule has 0 radical (unpaired) electrons. The summed E-state index contributed by atoms with van der Waals surface area (Å²) in [5, 5.41) is 9.57. The van der Waals surface area contributed by atoms with Crippen molar-refractivity contribution in [3.63, 3.8) is 0 Å². The van der Waals surface area contributed by atoms with Crippen LogP contribution in [0.1, 0.15) is 18.7 Å². The summed E-state index contributed by atoms with van der Waals surface area (Å²) in [6.45, 7) is 4.68. The topological polar surface area (TPSA) is 41.3 Å². The second kappa shape index (κ2) is 4.41. The molecule has 2 heterocycles. The third kappa shape index (κ3) is 1.96. The Morgan fingerprint density at radius 1 is 1.40 bits per heavy atom. The fraction of sp³-hybridized carbons (Fsp3) is 0.700. The molecular formula is C10H16ClN3O. The minimum absolute atomic E-state index is 0.119. The third-order valence-electron chi connectivity index (χ3n) is 2.82. The van der Waals surface area contributed by atoms with E-state index in [2.05, 4.69) is 9.88 Å². The van der Waals surface area contributed by atoms with Gasteiger partial charge < -0.3 is 14.6 Å². The van der Waals surface area contributed by atoms with Gasteiger partial charge in [0.25, 0.3) is 0 Å². The summed E-state index contributed by atoms with van der Waals surface area (Å²) in [7, 11) is 0. The van der Waals surface area contributed by atoms with Crippen molar-refractivity contribution >= 4 is 17.4 Å². The van der Waals surface area contributed by atoms with Gasteiger partial charge in [0.15, 0.2) is 5.15 Å². The Morgan fingerprint density at radius 2 is 2.07 bits per heavy atom. The molecule has 1 aromatic heterocycles. The van der Waals surface area contributed by atoms with Crippen molar-refractivity contribution in [3.8, 4) is 0 Å². The molecule has 0 bridgehead atoms. The minimum Gasteiger partial charge on any atom is -0.395 e. The van der Waals surface area contributed by atoms with Crippen molar-refractivity contribution in [1.29, 1.82) is 0 Å². The lowest BCUT2D eigenvalue weighted by atomic mass is 10.4. The smallest absolute Gasteiger partial charge is 0.171 e. The summed E-state index contributed by atoms with van der Waals surface area (Å²) in [6, 6.07) is 0. The summed E-state index contributed by atoms with van der Waals surface area (Å²) >= 11 is 6.11. The van der Waals surface area contributed by atoms with E-state index in [0.717, 1.165) is 24.7 Å². The number of aromatic nitrogens is 2. The second-order valence-electron chi connectivity index (χ2n) is 3.84. The van der Waals surface area contributed by atoms with Crippen molar-refractivity contribution in [2.45, 2.75) is 26.3 Å². The predicted octanol–water partition coefficient (Wildman–Crippen LogP) is 1.44. The molecule has 0 aromatic carbocycles. The number of nitrogens with zero attached hydrogens (tertiary/aromatic N) is 3. The molecule has 0 aliphatic carbocycles. The molecular weight excluding hydrogens is 214 g/mol. The summed E-state index contributed by atoms with van der Waals surface area (Å²) in [4.78, 5) is 6.50. The van der Waals surface area contributed by atoms with Gasteiger partial charge in [0, 0.05) is 19.6 Å². The lowest BCUT2D eigenvalue weighted by Crippen LogP contribution is -2.22. The molecule has 1 aromatic rings. The van der Waals surface area contributed by atoms with Crippen LogP contribution >= 0.6 is 11.6 Å². The van der Waals surface area contributed by atoms with Crippen LogP contribution in [0.3, 0.4) is 0 Å². The molecule has 1 fully saturated rings. The van der Waals surface area contributed by atoms with Gasteiger partial charge >= 0.3 is 0 Å². The Hall–Kier alpha value is -0.740. The highest BCUT2D eigenvalue weighted by Crippen LogP contribution is 2.29. The summed E-state index contributed by atoms with van der Waals surface area (Å²) in [6.07, 6.45) is 2.42. The molecule has 2 rings (SSSR count). The maximum Gasteiger partial charge on any atom is 0.171 e. The van der Waals surface area contributed by atoms with E-state index >= 15 is 0 Å². The summed E-state index contributed by atoms with van der Waals surface area (Å²) in [5.74, 6) is 1.84. The molecule has 1 saturated heterocycles. The first-order valence-corrected chi connectivity index (χ1v) is 5.70. The van der Waals surface area contributed by atoms with Crippen LogP contribution in [0.15, 0.2) is 0 Å². The fourth-order valence-electron chi connectivity index (χ4n) is 2.11. The SMILES string of the molecule is Cc1nc(Cl)c(N2CCCC2)n1CCO. The van der Waals surface area contributed by atoms with E-state index in [9.17, 15) is 0 Å². The Kier molecular flexibility index (Phi) is 3.17. The summed E-state index contributed by atoms with van der Waals surface area (Å²) in [5.41, 5.74) is 0. The first-order chi connectivity index (χ1) is 7.24. The monoisotopic (exact) mass is 229 g/mol. The van der Waals surface area contributed by atoms with Crippen molar-refractivity contribution < 1.29 is 5.11 Å². The van der Waals surface area contributed by atoms with Crippen molar-refractivity contribution in [2.75, 3.05) is 24.6 Å². The van der Waals surface area contributed by atoms with E-state index < -0.39 is 0 Å². The van der Waals surface area contributed by atoms with Gasteiger partial charge in [-0.05, 0) is 19.8 Å². The molecule has 0 saturated carbocycles. The maximum atomic E-state index is 9.01. The van der Waals surface area contributed by atoms with Crippen LogP contribution < -0.4 is 4.90 Å². The Balaban J connectivity index is 2.34. The normalized spacial score (nSPS) is 16.3. The van der Waals surface area contributed by atoms with Crippen LogP contribution in [0.25, 0.3) is 0 Å². The van der Waals surface area contributed by atoms with E-state index in [1.807, 2.05) is 11.5 Å². The number of rotatable bonds is 3. The van der Waals surface area contributed by atoms with Crippen molar-refractivity contribution in [1.82, 2.24) is 9.55 Å². The molecule has 0 atom stereocenters. The van der Waals surface area contributed by atoms with E-state index in [4.69, 9.17) is 16.7 Å². The molecule has 15 heavy (non-hydrogen) atoms. The maximum absolute atomic E-state index is 9.01. The largest absolute Gasteiger partial charge is 0.395 e. The highest BCUT2D eigenvalue weighted by atomic mass is 35.5. The lowest BCUT2D eigenvalue weighted by Gasteiger charge is -2.20. The predicted molar refractivity (Wildman–Crippen MR) is 60.5 cm³/mol. The van der Waals surface area contributed by atoms with Gasteiger partial charge in [-0.25, -0.2) is 4.98 Å². The fourth-order valence-corrected chi connectivity index (χ4v) is 2.46. The number of aliphatic hydroxyl groups excluding tert-OH is 1. The Labute approximate surface area is 94.5 Å². The molecule has 4 nitrogen and oxygen atoms in total. The van der Waals surface area contributed by atoms with Crippen LogP contribution in [0.5, 0.6) is 0 Å². The number of aryl methyl sites for hydroxylation is 1. The number of imidazole rings is 1. The van der Waals surface area contributed by atoms with Gasteiger partial charge in [0.05, 0.1) is 6.61 Å². The highest BCUT2D eigenvalue weighted by molar-refractivity contribution is 6.31. The van der Waals surface area contributed by atoms with Gasteiger partial charge in [-0.2, -0.15) is 0 Å². The highest BCUT2D eigenvalue weighted by Gasteiger charge is 2.21. The molecule has 1 aliphatic rings. The number of aliphatic hydroxyl groups is 1. The average molecular weight is 230 g/mol. The molecule has 1 N–H and O–H groups in total. The van der Waals surface area contributed by atoms with Gasteiger partial charge in [-0.3, -0.25) is 0 Å². The Morgan fingerprint density at radius 3 is 2.67 bits per heavy atom. The zero-order valence-electron chi connectivity index (χ0n) is 8.91. The first-order valence-electron chi connectivity index (χ1n) is 5.32. The zero-order valence-corrected chi connectivity index (χ0v) is 9.67. The number of anilines is 1. The van der Waals surface area contributed by atoms with E-state index in [-0.39, 0.29) is 6.61 Å². The molecule has 0 spiro atoms. The standard InChI is InChI=1S/C10H16ClN3O/c1-8-12-9(11)10(14(8)6-7-15)13-4-2-3-5-13/h15H,2-7H2,1H3. The van der Waals surface area contributed by atoms with Crippen molar-refractivity contribution in [3.05, 3.63) is 11.0 Å². The molecule has 0 amide bonds. The van der Waals surface area contributed by atoms with E-state index in [0.29, 0.717) is 11.7 Å². The van der Waals surface area contributed by atoms with E-state index in [1.165, 1.54) is 12.8 Å². The van der Waals surface area contributed by atoms with Crippen LogP contribution in [0.2, 0.25) is 5.15 Å². The second-order valence-corrected chi connectivity index (χ2v) is 4.20. The summed E-state index contributed by atoms with van der Waals surface area (Å²) < 4.78 is 1.99. The molecule has 1 aliphatic heterocycles. The Bertz CT molecular complexity index is 345. The van der Waals surface area contributed by atoms with Gasteiger partial charge in [-0.1, -0.05) is 11.6 Å². The van der Waals surface area contributed by atoms with Gasteiger partial charge in [0.2, 0.25) is 0 Å².